The second-order valence-electron chi connectivity index (χ2n) is 6.31. The first-order valence-electron chi connectivity index (χ1n) is 8.52. The van der Waals surface area contributed by atoms with Crippen molar-refractivity contribution in [2.45, 2.75) is 40.2 Å². The van der Waals surface area contributed by atoms with Gasteiger partial charge in [-0.05, 0) is 43.5 Å². The number of benzene rings is 1. The van der Waals surface area contributed by atoms with Crippen LogP contribution in [0.1, 0.15) is 40.6 Å². The zero-order chi connectivity index (χ0) is 18.8. The first-order chi connectivity index (χ1) is 12.4. The van der Waals surface area contributed by atoms with Gasteiger partial charge >= 0.3 is 0 Å². The van der Waals surface area contributed by atoms with Crippen LogP contribution in [0, 0.1) is 13.8 Å². The van der Waals surface area contributed by atoms with E-state index >= 15 is 0 Å². The third kappa shape index (κ3) is 3.35. The summed E-state index contributed by atoms with van der Waals surface area (Å²) in [6.45, 7) is 6.30. The maximum atomic E-state index is 12.7. The Bertz CT molecular complexity index is 1040. The van der Waals surface area contributed by atoms with Crippen LogP contribution < -0.4 is 10.9 Å². The molecule has 0 aliphatic rings. The molecule has 0 saturated carbocycles. The summed E-state index contributed by atoms with van der Waals surface area (Å²) < 4.78 is 1.60. The molecule has 2 heterocycles. The van der Waals surface area contributed by atoms with Gasteiger partial charge in [-0.2, -0.15) is 0 Å². The number of aromatic nitrogens is 2. The summed E-state index contributed by atoms with van der Waals surface area (Å²) in [6.07, 6.45) is 3.43. The number of aromatic hydroxyl groups is 1. The monoisotopic (exact) mass is 371 g/mol. The molecule has 0 unspecified atom stereocenters. The van der Waals surface area contributed by atoms with Crippen LogP contribution in [-0.2, 0) is 6.54 Å². The highest BCUT2D eigenvalue weighted by atomic mass is 32.1. The molecule has 1 amide bonds. The van der Waals surface area contributed by atoms with Gasteiger partial charge in [0.05, 0.1) is 22.3 Å². The molecule has 0 aliphatic heterocycles. The van der Waals surface area contributed by atoms with Gasteiger partial charge in [-0.15, -0.1) is 11.3 Å². The molecule has 0 radical (unpaired) electrons. The normalized spacial score (nSPS) is 11.0. The van der Waals surface area contributed by atoms with Crippen LogP contribution in [-0.4, -0.2) is 20.6 Å². The molecule has 7 heteroatoms. The second kappa shape index (κ2) is 7.29. The number of phenolic OH excluding ortho intramolecular Hbond substituents is 1. The first kappa shape index (κ1) is 18.1. The summed E-state index contributed by atoms with van der Waals surface area (Å²) in [5.74, 6) is -0.346. The van der Waals surface area contributed by atoms with E-state index in [0.717, 1.165) is 18.4 Å². The fourth-order valence-electron chi connectivity index (χ4n) is 2.79. The van der Waals surface area contributed by atoms with Crippen LogP contribution in [0.2, 0.25) is 0 Å². The van der Waals surface area contributed by atoms with Crippen LogP contribution in [0.3, 0.4) is 0 Å². The van der Waals surface area contributed by atoms with E-state index in [2.05, 4.69) is 17.2 Å². The highest BCUT2D eigenvalue weighted by Crippen LogP contribution is 2.29. The van der Waals surface area contributed by atoms with Crippen molar-refractivity contribution in [2.24, 2.45) is 0 Å². The molecule has 0 fully saturated rings. The van der Waals surface area contributed by atoms with Crippen molar-refractivity contribution < 1.29 is 9.90 Å². The molecule has 1 aromatic carbocycles. The van der Waals surface area contributed by atoms with Crippen molar-refractivity contribution in [1.29, 1.82) is 0 Å². The number of carbonyl (C=O) groups excluding carboxylic acids is 1. The van der Waals surface area contributed by atoms with Gasteiger partial charge in [-0.3, -0.25) is 14.2 Å². The van der Waals surface area contributed by atoms with Crippen LogP contribution in [0.15, 0.2) is 29.3 Å². The van der Waals surface area contributed by atoms with E-state index in [0.29, 0.717) is 32.9 Å². The molecule has 0 spiro atoms. The van der Waals surface area contributed by atoms with E-state index in [1.165, 1.54) is 11.3 Å². The maximum Gasteiger partial charge on any atom is 0.266 e. The van der Waals surface area contributed by atoms with Gasteiger partial charge in [0.25, 0.3) is 11.5 Å². The van der Waals surface area contributed by atoms with Crippen molar-refractivity contribution in [1.82, 2.24) is 9.55 Å². The number of carbonyl (C=O) groups is 1. The Balaban J connectivity index is 1.97. The van der Waals surface area contributed by atoms with E-state index in [1.807, 2.05) is 6.92 Å². The summed E-state index contributed by atoms with van der Waals surface area (Å²) in [5.41, 5.74) is 1.74. The topological polar surface area (TPSA) is 84.2 Å². The van der Waals surface area contributed by atoms with Crippen molar-refractivity contribution in [3.8, 4) is 5.75 Å². The molecule has 26 heavy (non-hydrogen) atoms. The number of aryl methyl sites for hydroxylation is 3. The average Bonchev–Trinajstić information content (AvgIpc) is 2.94. The molecule has 3 aromatic rings. The van der Waals surface area contributed by atoms with Gasteiger partial charge in [-0.1, -0.05) is 19.4 Å². The number of amides is 1. The molecule has 0 atom stereocenters. The van der Waals surface area contributed by atoms with Crippen LogP contribution >= 0.6 is 11.3 Å². The minimum Gasteiger partial charge on any atom is -0.506 e. The van der Waals surface area contributed by atoms with E-state index in [1.54, 1.807) is 36.0 Å². The van der Waals surface area contributed by atoms with Gasteiger partial charge in [0.2, 0.25) is 0 Å². The molecule has 136 valence electrons. The number of fused-ring (bicyclic) bond motifs is 1. The third-order valence-electron chi connectivity index (χ3n) is 4.28. The Labute approximate surface area is 155 Å². The smallest absolute Gasteiger partial charge is 0.266 e. The van der Waals surface area contributed by atoms with E-state index < -0.39 is 0 Å². The lowest BCUT2D eigenvalue weighted by atomic mass is 10.2. The van der Waals surface area contributed by atoms with Crippen molar-refractivity contribution in [3.05, 3.63) is 50.9 Å². The Hall–Kier alpha value is -2.67. The number of thiophene rings is 1. The quantitative estimate of drug-likeness (QED) is 0.668. The summed E-state index contributed by atoms with van der Waals surface area (Å²) in [6, 6.07) is 5.05. The summed E-state index contributed by atoms with van der Waals surface area (Å²) >= 11 is 1.19. The van der Waals surface area contributed by atoms with Gasteiger partial charge < -0.3 is 10.4 Å². The zero-order valence-corrected chi connectivity index (χ0v) is 15.8. The molecular formula is C19H21N3O3S. The molecule has 0 aliphatic carbocycles. The highest BCUT2D eigenvalue weighted by molar-refractivity contribution is 7.20. The average molecular weight is 371 g/mol. The van der Waals surface area contributed by atoms with Gasteiger partial charge in [0.15, 0.2) is 0 Å². The summed E-state index contributed by atoms with van der Waals surface area (Å²) in [5, 5.41) is 13.2. The Morgan fingerprint density at radius 3 is 2.81 bits per heavy atom. The minimum absolute atomic E-state index is 0.0113. The van der Waals surface area contributed by atoms with Crippen molar-refractivity contribution >= 4 is 33.1 Å². The third-order valence-corrected chi connectivity index (χ3v) is 5.48. The lowest BCUT2D eigenvalue weighted by Crippen LogP contribution is -2.20. The second-order valence-corrected chi connectivity index (χ2v) is 7.31. The van der Waals surface area contributed by atoms with Gasteiger partial charge in [0.1, 0.15) is 10.6 Å². The Morgan fingerprint density at radius 2 is 2.12 bits per heavy atom. The number of unbranched alkanes of at least 4 members (excludes halogenated alkanes) is 1. The number of hydrogen-bond donors (Lipinski definition) is 2. The SMILES string of the molecule is CCCCn1cnc2sc(C(=O)Nc3ccc(C)cc3O)c(C)c2c1=O. The fraction of sp³-hybridized carbons (Fsp3) is 0.316. The molecule has 2 N–H and O–H groups in total. The lowest BCUT2D eigenvalue weighted by Gasteiger charge is -2.07. The van der Waals surface area contributed by atoms with Gasteiger partial charge in [-0.25, -0.2) is 4.98 Å². The first-order valence-corrected chi connectivity index (χ1v) is 9.33. The summed E-state index contributed by atoms with van der Waals surface area (Å²) in [4.78, 5) is 30.7. The van der Waals surface area contributed by atoms with E-state index in [9.17, 15) is 14.7 Å². The molecule has 0 bridgehead atoms. The lowest BCUT2D eigenvalue weighted by molar-refractivity contribution is 0.102. The molecule has 0 saturated heterocycles. The number of rotatable bonds is 5. The minimum atomic E-state index is -0.357. The molecule has 3 rings (SSSR count). The molecule has 2 aromatic heterocycles. The van der Waals surface area contributed by atoms with Crippen molar-refractivity contribution in [2.75, 3.05) is 5.32 Å². The van der Waals surface area contributed by atoms with E-state index in [4.69, 9.17) is 0 Å². The maximum absolute atomic E-state index is 12.7. The standard InChI is InChI=1S/C19H21N3O3S/c1-4-5-8-22-10-20-18-15(19(22)25)12(3)16(26-18)17(24)21-13-7-6-11(2)9-14(13)23/h6-7,9-10,23H,4-5,8H2,1-3H3,(H,21,24). The van der Waals surface area contributed by atoms with Crippen LogP contribution in [0.5, 0.6) is 5.75 Å². The van der Waals surface area contributed by atoms with Gasteiger partial charge in [0, 0.05) is 6.54 Å². The summed E-state index contributed by atoms with van der Waals surface area (Å²) in [7, 11) is 0. The fourth-order valence-corrected chi connectivity index (χ4v) is 3.82. The molecule has 6 nitrogen and oxygen atoms in total. The van der Waals surface area contributed by atoms with E-state index in [-0.39, 0.29) is 17.2 Å². The largest absolute Gasteiger partial charge is 0.506 e. The van der Waals surface area contributed by atoms with Crippen LogP contribution in [0.4, 0.5) is 5.69 Å². The number of phenols is 1. The van der Waals surface area contributed by atoms with Crippen molar-refractivity contribution in [3.63, 3.8) is 0 Å². The number of nitrogens with zero attached hydrogens (tertiary/aromatic N) is 2. The Kier molecular flexibility index (Phi) is 5.08. The Morgan fingerprint density at radius 1 is 1.35 bits per heavy atom. The molecular weight excluding hydrogens is 350 g/mol. The number of anilines is 1. The highest BCUT2D eigenvalue weighted by Gasteiger charge is 2.20. The number of nitrogens with one attached hydrogen (secondary N) is 1. The predicted octanol–water partition coefficient (Wildman–Crippen LogP) is 3.83. The number of hydrogen-bond acceptors (Lipinski definition) is 5. The zero-order valence-electron chi connectivity index (χ0n) is 15.0. The predicted molar refractivity (Wildman–Crippen MR) is 104 cm³/mol. The van der Waals surface area contributed by atoms with Crippen LogP contribution in [0.25, 0.3) is 10.2 Å².